The lowest BCUT2D eigenvalue weighted by Gasteiger charge is -2.36. The summed E-state index contributed by atoms with van der Waals surface area (Å²) in [5, 5.41) is 3.93. The molecule has 0 bridgehead atoms. The van der Waals surface area contributed by atoms with E-state index < -0.39 is 0 Å². The lowest BCUT2D eigenvalue weighted by atomic mass is 9.89. The molecule has 9 heteroatoms. The third-order valence-electron chi connectivity index (χ3n) is 5.62. The van der Waals surface area contributed by atoms with E-state index in [2.05, 4.69) is 10.3 Å². The number of anilines is 1. The van der Waals surface area contributed by atoms with Gasteiger partial charge in [0, 0.05) is 48.6 Å². The minimum atomic E-state index is -0.282. The van der Waals surface area contributed by atoms with Gasteiger partial charge in [-0.3, -0.25) is 19.7 Å². The molecule has 0 radical (unpaired) electrons. The fourth-order valence-corrected chi connectivity index (χ4v) is 5.13. The van der Waals surface area contributed by atoms with Gasteiger partial charge in [-0.15, -0.1) is 11.3 Å². The number of aryl methyl sites for hydroxylation is 1. The van der Waals surface area contributed by atoms with E-state index in [4.69, 9.17) is 11.6 Å². The predicted octanol–water partition coefficient (Wildman–Crippen LogP) is 3.16. The van der Waals surface area contributed by atoms with Gasteiger partial charge in [0.2, 0.25) is 11.8 Å². The van der Waals surface area contributed by atoms with Gasteiger partial charge in [-0.1, -0.05) is 11.6 Å². The van der Waals surface area contributed by atoms with Gasteiger partial charge >= 0.3 is 0 Å². The summed E-state index contributed by atoms with van der Waals surface area (Å²) in [5.41, 5.74) is 1.29. The summed E-state index contributed by atoms with van der Waals surface area (Å²) in [6.07, 6.45) is 2.54. The molecule has 30 heavy (non-hydrogen) atoms. The van der Waals surface area contributed by atoms with Crippen LogP contribution in [0.15, 0.2) is 24.3 Å². The minimum absolute atomic E-state index is 0.0441. The number of fused-ring (bicyclic) bond motifs is 1. The standard InChI is InChI=1S/C21H23ClN4O3S/c1-13(27)25-9-11-26(12-10-25)20(29)16-3-2-4-17-18(16)23-21(30-17)24-19(28)14-5-7-15(22)8-6-14/h5-8,16H,2-4,9-12H2,1H3,(H,23,24,28). The van der Waals surface area contributed by atoms with Crippen molar-refractivity contribution < 1.29 is 14.4 Å². The van der Waals surface area contributed by atoms with Crippen molar-refractivity contribution in [2.24, 2.45) is 0 Å². The van der Waals surface area contributed by atoms with E-state index in [1.54, 1.807) is 36.1 Å². The van der Waals surface area contributed by atoms with E-state index in [0.29, 0.717) is 41.9 Å². The van der Waals surface area contributed by atoms with Crippen molar-refractivity contribution in [3.05, 3.63) is 45.4 Å². The topological polar surface area (TPSA) is 82.6 Å². The number of hydrogen-bond acceptors (Lipinski definition) is 5. The quantitative estimate of drug-likeness (QED) is 0.785. The molecule has 1 aliphatic heterocycles. The first-order valence-electron chi connectivity index (χ1n) is 10.0. The van der Waals surface area contributed by atoms with Gasteiger partial charge < -0.3 is 9.80 Å². The summed E-state index contributed by atoms with van der Waals surface area (Å²) < 4.78 is 0. The van der Waals surface area contributed by atoms with E-state index in [1.165, 1.54) is 11.3 Å². The fraction of sp³-hybridized carbons (Fsp3) is 0.429. The molecule has 2 aromatic rings. The highest BCUT2D eigenvalue weighted by atomic mass is 35.5. The number of carbonyl (C=O) groups is 3. The number of nitrogens with one attached hydrogen (secondary N) is 1. The van der Waals surface area contributed by atoms with E-state index in [1.807, 2.05) is 4.90 Å². The van der Waals surface area contributed by atoms with E-state index >= 15 is 0 Å². The van der Waals surface area contributed by atoms with Gasteiger partial charge in [0.25, 0.3) is 5.91 Å². The maximum atomic E-state index is 13.2. The van der Waals surface area contributed by atoms with Gasteiger partial charge in [0.15, 0.2) is 5.13 Å². The van der Waals surface area contributed by atoms with Crippen LogP contribution in [0.4, 0.5) is 5.13 Å². The van der Waals surface area contributed by atoms with Crippen molar-refractivity contribution in [2.45, 2.75) is 32.1 Å². The summed E-state index contributed by atoms with van der Waals surface area (Å²) >= 11 is 7.32. The minimum Gasteiger partial charge on any atom is -0.339 e. The lowest BCUT2D eigenvalue weighted by molar-refractivity contribution is -0.139. The molecule has 1 aromatic heterocycles. The molecule has 0 saturated carbocycles. The maximum absolute atomic E-state index is 13.2. The Balaban J connectivity index is 1.46. The molecular formula is C21H23ClN4O3S. The number of rotatable bonds is 3. The number of halogens is 1. The van der Waals surface area contributed by atoms with Crippen molar-refractivity contribution in [3.63, 3.8) is 0 Å². The molecule has 1 aromatic carbocycles. The predicted molar refractivity (Wildman–Crippen MR) is 116 cm³/mol. The number of benzene rings is 1. The second-order valence-corrected chi connectivity index (χ2v) is 9.08. The molecule has 1 aliphatic carbocycles. The first-order valence-corrected chi connectivity index (χ1v) is 11.2. The SMILES string of the molecule is CC(=O)N1CCN(C(=O)C2CCCc3sc(NC(=O)c4ccc(Cl)cc4)nc32)CC1. The first-order chi connectivity index (χ1) is 14.4. The molecule has 2 aliphatic rings. The van der Waals surface area contributed by atoms with Crippen LogP contribution >= 0.6 is 22.9 Å². The normalized spacial score (nSPS) is 18.7. The Morgan fingerprint density at radius 3 is 2.43 bits per heavy atom. The lowest BCUT2D eigenvalue weighted by Crippen LogP contribution is -2.51. The van der Waals surface area contributed by atoms with Crippen LogP contribution < -0.4 is 5.32 Å². The Kier molecular flexibility index (Phi) is 6.06. The van der Waals surface area contributed by atoms with E-state index in [9.17, 15) is 14.4 Å². The summed E-state index contributed by atoms with van der Waals surface area (Å²) in [6, 6.07) is 6.67. The van der Waals surface area contributed by atoms with Crippen LogP contribution in [-0.2, 0) is 16.0 Å². The van der Waals surface area contributed by atoms with Gasteiger partial charge in [-0.2, -0.15) is 0 Å². The zero-order valence-corrected chi connectivity index (χ0v) is 18.3. The number of thiazole rings is 1. The van der Waals surface area contributed by atoms with Crippen molar-refractivity contribution in [3.8, 4) is 0 Å². The van der Waals surface area contributed by atoms with Crippen LogP contribution in [0.3, 0.4) is 0 Å². The molecule has 158 valence electrons. The highest BCUT2D eigenvalue weighted by molar-refractivity contribution is 7.16. The number of piperazine rings is 1. The second kappa shape index (κ2) is 8.73. The average molecular weight is 447 g/mol. The molecule has 3 amide bonds. The molecule has 1 fully saturated rings. The zero-order chi connectivity index (χ0) is 21.3. The third-order valence-corrected chi connectivity index (χ3v) is 6.91. The number of aromatic nitrogens is 1. The Labute approximate surface area is 184 Å². The Morgan fingerprint density at radius 1 is 1.10 bits per heavy atom. The Hall–Kier alpha value is -2.45. The van der Waals surface area contributed by atoms with Gasteiger partial charge in [-0.25, -0.2) is 4.98 Å². The molecule has 1 atom stereocenters. The monoisotopic (exact) mass is 446 g/mol. The molecule has 7 nitrogen and oxygen atoms in total. The highest BCUT2D eigenvalue weighted by Crippen LogP contribution is 2.38. The van der Waals surface area contributed by atoms with Gasteiger partial charge in [0.05, 0.1) is 11.6 Å². The van der Waals surface area contributed by atoms with Crippen molar-refractivity contribution in [1.82, 2.24) is 14.8 Å². The van der Waals surface area contributed by atoms with Crippen LogP contribution in [0.5, 0.6) is 0 Å². The highest BCUT2D eigenvalue weighted by Gasteiger charge is 2.34. The van der Waals surface area contributed by atoms with E-state index in [-0.39, 0.29) is 23.6 Å². The fourth-order valence-electron chi connectivity index (χ4n) is 3.94. The number of hydrogen-bond donors (Lipinski definition) is 1. The average Bonchev–Trinajstić information content (AvgIpc) is 3.16. The van der Waals surface area contributed by atoms with Crippen molar-refractivity contribution in [1.29, 1.82) is 0 Å². The molecule has 1 unspecified atom stereocenters. The molecule has 1 N–H and O–H groups in total. The number of nitrogens with zero attached hydrogens (tertiary/aromatic N) is 3. The van der Waals surface area contributed by atoms with Gasteiger partial charge in [-0.05, 0) is 43.5 Å². The summed E-state index contributed by atoms with van der Waals surface area (Å²) in [6.45, 7) is 3.79. The van der Waals surface area contributed by atoms with E-state index in [0.717, 1.165) is 29.8 Å². The Bertz CT molecular complexity index is 967. The van der Waals surface area contributed by atoms with Crippen LogP contribution in [0.1, 0.15) is 46.6 Å². The first kappa shape index (κ1) is 20.8. The summed E-state index contributed by atoms with van der Waals surface area (Å²) in [4.78, 5) is 46.5. The summed E-state index contributed by atoms with van der Waals surface area (Å²) in [7, 11) is 0. The zero-order valence-electron chi connectivity index (χ0n) is 16.7. The molecule has 2 heterocycles. The smallest absolute Gasteiger partial charge is 0.257 e. The molecule has 4 rings (SSSR count). The Morgan fingerprint density at radius 2 is 1.77 bits per heavy atom. The van der Waals surface area contributed by atoms with Crippen LogP contribution in [0.2, 0.25) is 5.02 Å². The third kappa shape index (κ3) is 4.34. The molecular weight excluding hydrogens is 424 g/mol. The van der Waals surface area contributed by atoms with Crippen LogP contribution in [0, 0.1) is 0 Å². The largest absolute Gasteiger partial charge is 0.339 e. The van der Waals surface area contributed by atoms with Gasteiger partial charge in [0.1, 0.15) is 0 Å². The maximum Gasteiger partial charge on any atom is 0.257 e. The molecule has 0 spiro atoms. The summed E-state index contributed by atoms with van der Waals surface area (Å²) in [5.74, 6) is -0.418. The second-order valence-electron chi connectivity index (χ2n) is 7.56. The molecule has 1 saturated heterocycles. The van der Waals surface area contributed by atoms with Crippen LogP contribution in [0.25, 0.3) is 0 Å². The van der Waals surface area contributed by atoms with Crippen LogP contribution in [-0.4, -0.2) is 58.7 Å². The number of amides is 3. The van der Waals surface area contributed by atoms with Crippen molar-refractivity contribution in [2.75, 3.05) is 31.5 Å². The number of carbonyl (C=O) groups excluding carboxylic acids is 3. The van der Waals surface area contributed by atoms with Crippen molar-refractivity contribution >= 4 is 45.8 Å².